The van der Waals surface area contributed by atoms with Gasteiger partial charge < -0.3 is 65.3 Å². The van der Waals surface area contributed by atoms with Crippen molar-refractivity contribution in [2.45, 2.75) is 167 Å². The van der Waals surface area contributed by atoms with Gasteiger partial charge in [0.05, 0.1) is 12.5 Å². The fourth-order valence-corrected chi connectivity index (χ4v) is 6.99. The molecule has 0 bridgehead atoms. The second kappa shape index (κ2) is 31.3. The third-order valence-electron chi connectivity index (χ3n) is 11.5. The van der Waals surface area contributed by atoms with Crippen LogP contribution in [-0.4, -0.2) is 120 Å². The van der Waals surface area contributed by atoms with Crippen LogP contribution in [0.4, 0.5) is 0 Å². The minimum absolute atomic E-state index is 0.0604. The van der Waals surface area contributed by atoms with Crippen LogP contribution in [0.5, 0.6) is 0 Å². The fourth-order valence-electron chi connectivity index (χ4n) is 6.99. The quantitative estimate of drug-likeness (QED) is 0.0390. The zero-order valence-corrected chi connectivity index (χ0v) is 40.4. The summed E-state index contributed by atoms with van der Waals surface area (Å²) in [6.45, 7) is 12.8. The van der Waals surface area contributed by atoms with Crippen molar-refractivity contribution in [1.82, 2.24) is 37.2 Å². The minimum atomic E-state index is -1.61. The van der Waals surface area contributed by atoms with E-state index in [2.05, 4.69) is 37.2 Å². The molecule has 21 heteroatoms. The Morgan fingerprint density at radius 1 is 0.552 bits per heavy atom. The number of hydrogen-bond acceptors (Lipinski definition) is 12. The molecule has 67 heavy (non-hydrogen) atoms. The molecule has 0 spiro atoms. The summed E-state index contributed by atoms with van der Waals surface area (Å²) >= 11 is 0. The molecule has 1 rings (SSSR count). The van der Waals surface area contributed by atoms with Crippen molar-refractivity contribution >= 4 is 53.2 Å². The van der Waals surface area contributed by atoms with Crippen molar-refractivity contribution in [2.75, 3.05) is 13.1 Å². The average Bonchev–Trinajstić information content (AvgIpc) is 3.27. The van der Waals surface area contributed by atoms with Gasteiger partial charge in [-0.1, -0.05) is 84.7 Å². The van der Waals surface area contributed by atoms with Gasteiger partial charge in [-0.2, -0.15) is 0 Å². The van der Waals surface area contributed by atoms with E-state index in [1.807, 2.05) is 13.8 Å². The van der Waals surface area contributed by atoms with Crippen LogP contribution < -0.4 is 60.2 Å². The Hall–Kier alpha value is -5.67. The summed E-state index contributed by atoms with van der Waals surface area (Å²) in [6, 6.07) is -0.969. The molecule has 0 saturated heterocycles. The first-order valence-corrected chi connectivity index (χ1v) is 23.4. The molecule has 0 radical (unpaired) electrons. The van der Waals surface area contributed by atoms with Crippen LogP contribution in [0.1, 0.15) is 118 Å². The first kappa shape index (κ1) is 59.3. The Kier molecular flexibility index (Phi) is 27.8. The number of unbranched alkanes of at least 4 members (excludes halogenated alkanes) is 2. The molecule has 0 fully saturated rings. The van der Waals surface area contributed by atoms with Crippen molar-refractivity contribution in [3.05, 3.63) is 35.9 Å². The smallest absolute Gasteiger partial charge is 0.326 e. The molecular formula is C46H79N11O10. The number of aliphatic carboxylic acids is 1. The van der Waals surface area contributed by atoms with E-state index in [1.54, 1.807) is 58.0 Å². The normalized spacial score (nSPS) is 15.7. The molecule has 21 nitrogen and oxygen atoms in total. The molecular weight excluding hydrogens is 867 g/mol. The Morgan fingerprint density at radius 3 is 1.49 bits per heavy atom. The molecule has 0 aliphatic rings. The largest absolute Gasteiger partial charge is 0.480 e. The molecule has 0 aliphatic heterocycles. The number of carbonyl (C=O) groups excluding carboxylic acids is 8. The van der Waals surface area contributed by atoms with Crippen LogP contribution in [0.2, 0.25) is 0 Å². The first-order valence-electron chi connectivity index (χ1n) is 23.4. The van der Waals surface area contributed by atoms with E-state index in [9.17, 15) is 48.3 Å². The van der Waals surface area contributed by atoms with Crippen LogP contribution in [0.3, 0.4) is 0 Å². The monoisotopic (exact) mass is 946 g/mol. The summed E-state index contributed by atoms with van der Waals surface area (Å²) in [5.74, 6) is -8.37. The van der Waals surface area contributed by atoms with E-state index in [4.69, 9.17) is 22.9 Å². The summed E-state index contributed by atoms with van der Waals surface area (Å²) < 4.78 is 0. The maximum atomic E-state index is 13.9. The summed E-state index contributed by atoms with van der Waals surface area (Å²) in [4.78, 5) is 120. The first-order chi connectivity index (χ1) is 31.6. The SMILES string of the molecule is CCC(C)C(NC(=O)C(C)NC(=O)C(CC(N)=O)NC(=O)C(CCCCN)NC(=O)C(Cc1ccccc1)NC(=O)C(N)CC(C)C)C(=O)NC(C(=O)NC(CCCCN)C(=O)O)C(C)CC. The molecule has 1 aromatic carbocycles. The zero-order valence-electron chi connectivity index (χ0n) is 40.4. The number of carboxylic acid groups (broad SMARTS) is 1. The number of hydrogen-bond donors (Lipinski definition) is 12. The number of carboxylic acids is 1. The Labute approximate surface area is 394 Å². The molecule has 0 saturated carbocycles. The van der Waals surface area contributed by atoms with Gasteiger partial charge in [0.15, 0.2) is 0 Å². The van der Waals surface area contributed by atoms with E-state index in [1.165, 1.54) is 6.92 Å². The van der Waals surface area contributed by atoms with Gasteiger partial charge in [0.1, 0.15) is 42.3 Å². The van der Waals surface area contributed by atoms with E-state index in [0.717, 1.165) is 5.56 Å². The highest BCUT2D eigenvalue weighted by atomic mass is 16.4. The van der Waals surface area contributed by atoms with Crippen molar-refractivity contribution in [1.29, 1.82) is 0 Å². The lowest BCUT2D eigenvalue weighted by Gasteiger charge is -2.30. The van der Waals surface area contributed by atoms with E-state index < -0.39 is 120 Å². The third kappa shape index (κ3) is 22.1. The van der Waals surface area contributed by atoms with Crippen molar-refractivity contribution in [3.8, 4) is 0 Å². The number of nitrogens with two attached hydrogens (primary N) is 4. The molecule has 8 amide bonds. The number of amides is 8. The fraction of sp³-hybridized carbons (Fsp3) is 0.674. The average molecular weight is 946 g/mol. The number of benzene rings is 1. The van der Waals surface area contributed by atoms with Gasteiger partial charge in [-0.3, -0.25) is 38.4 Å². The van der Waals surface area contributed by atoms with E-state index >= 15 is 0 Å². The Morgan fingerprint density at radius 2 is 1.00 bits per heavy atom. The van der Waals surface area contributed by atoms with Crippen LogP contribution >= 0.6 is 0 Å². The van der Waals surface area contributed by atoms with E-state index in [0.29, 0.717) is 51.5 Å². The lowest BCUT2D eigenvalue weighted by Crippen LogP contribution is -2.61. The number of nitrogens with one attached hydrogen (secondary N) is 7. The van der Waals surface area contributed by atoms with Crippen LogP contribution in [0.25, 0.3) is 0 Å². The van der Waals surface area contributed by atoms with Crippen molar-refractivity contribution in [3.63, 3.8) is 0 Å². The molecule has 1 aromatic rings. The predicted octanol–water partition coefficient (Wildman–Crippen LogP) is -0.674. The highest BCUT2D eigenvalue weighted by Gasteiger charge is 2.36. The summed E-state index contributed by atoms with van der Waals surface area (Å²) in [6.07, 6.45) is 2.65. The molecule has 10 unspecified atom stereocenters. The summed E-state index contributed by atoms with van der Waals surface area (Å²) in [5, 5.41) is 27.9. The highest BCUT2D eigenvalue weighted by molar-refractivity contribution is 5.98. The molecule has 378 valence electrons. The highest BCUT2D eigenvalue weighted by Crippen LogP contribution is 2.14. The molecule has 16 N–H and O–H groups in total. The molecule has 0 heterocycles. The van der Waals surface area contributed by atoms with Crippen molar-refractivity contribution < 1.29 is 48.3 Å². The van der Waals surface area contributed by atoms with E-state index in [-0.39, 0.29) is 31.7 Å². The third-order valence-corrected chi connectivity index (χ3v) is 11.5. The maximum absolute atomic E-state index is 13.9. The minimum Gasteiger partial charge on any atom is -0.480 e. The number of carbonyl (C=O) groups is 9. The number of primary amides is 1. The summed E-state index contributed by atoms with van der Waals surface area (Å²) in [7, 11) is 0. The topological polar surface area (TPSA) is 362 Å². The lowest BCUT2D eigenvalue weighted by molar-refractivity contribution is -0.143. The van der Waals surface area contributed by atoms with Crippen LogP contribution in [-0.2, 0) is 49.6 Å². The number of rotatable bonds is 33. The van der Waals surface area contributed by atoms with Gasteiger partial charge >= 0.3 is 5.97 Å². The zero-order chi connectivity index (χ0) is 50.8. The van der Waals surface area contributed by atoms with Crippen LogP contribution in [0.15, 0.2) is 30.3 Å². The Balaban J connectivity index is 3.31. The van der Waals surface area contributed by atoms with Gasteiger partial charge in [-0.05, 0) is 88.3 Å². The maximum Gasteiger partial charge on any atom is 0.326 e. The molecule has 0 aromatic heterocycles. The standard InChI is InChI=1S/C46H79N11O10/c1-8-27(5)37(44(64)53-33(46(66)67)20-14-16-22-48)57-45(65)38(28(6)9-2)56-39(59)29(7)51-42(62)35(25-36(50)58)55-41(61)32(19-13-15-21-47)52-43(63)34(24-30-17-11-10-12-18-30)54-40(60)31(49)23-26(3)4/h10-12,17-18,26-29,31-35,37-38H,8-9,13-16,19-25,47-49H2,1-7H3,(H2,50,58)(H,51,62)(H,52,63)(H,53,64)(H,54,60)(H,55,61)(H,56,59)(H,57,65)(H,66,67). The Bertz CT molecular complexity index is 1770. The van der Waals surface area contributed by atoms with Gasteiger partial charge in [0, 0.05) is 6.42 Å². The van der Waals surface area contributed by atoms with Crippen LogP contribution in [0, 0.1) is 17.8 Å². The predicted molar refractivity (Wildman–Crippen MR) is 253 cm³/mol. The van der Waals surface area contributed by atoms with Gasteiger partial charge in [-0.25, -0.2) is 4.79 Å². The van der Waals surface area contributed by atoms with Gasteiger partial charge in [-0.15, -0.1) is 0 Å². The molecule has 10 atom stereocenters. The van der Waals surface area contributed by atoms with Gasteiger partial charge in [0.2, 0.25) is 47.3 Å². The van der Waals surface area contributed by atoms with Crippen molar-refractivity contribution in [2.24, 2.45) is 40.7 Å². The summed E-state index contributed by atoms with van der Waals surface area (Å²) in [5.41, 5.74) is 23.6. The second-order valence-electron chi connectivity index (χ2n) is 17.7. The lowest BCUT2D eigenvalue weighted by atomic mass is 9.94. The second-order valence-corrected chi connectivity index (χ2v) is 17.7. The van der Waals surface area contributed by atoms with Gasteiger partial charge in [0.25, 0.3) is 0 Å². The molecule has 0 aliphatic carbocycles.